The van der Waals surface area contributed by atoms with Crippen molar-refractivity contribution in [2.75, 3.05) is 4.90 Å². The van der Waals surface area contributed by atoms with Gasteiger partial charge in [-0.2, -0.15) is 8.78 Å². The van der Waals surface area contributed by atoms with Gasteiger partial charge in [-0.05, 0) is 11.6 Å². The summed E-state index contributed by atoms with van der Waals surface area (Å²) < 4.78 is 29.4. The zero-order valence-electron chi connectivity index (χ0n) is 9.01. The third-order valence-electron chi connectivity index (χ3n) is 2.67. The molecule has 0 bridgehead atoms. The van der Waals surface area contributed by atoms with Crippen LogP contribution < -0.4 is 4.90 Å². The van der Waals surface area contributed by atoms with E-state index in [9.17, 15) is 13.6 Å². The Morgan fingerprint density at radius 3 is 2.72 bits per heavy atom. The average Bonchev–Trinajstić information content (AvgIpc) is 2.95. The van der Waals surface area contributed by atoms with E-state index in [1.165, 1.54) is 4.90 Å². The first-order valence-electron chi connectivity index (χ1n) is 5.18. The smallest absolute Gasteiger partial charge is 0.325 e. The first-order chi connectivity index (χ1) is 8.66. The summed E-state index contributed by atoms with van der Waals surface area (Å²) in [4.78, 5) is 13.2. The van der Waals surface area contributed by atoms with Crippen LogP contribution in [0.3, 0.4) is 0 Å². The number of hydrogen-bond acceptors (Lipinski definition) is 4. The van der Waals surface area contributed by atoms with Crippen molar-refractivity contribution in [3.05, 3.63) is 41.3 Å². The van der Waals surface area contributed by atoms with Gasteiger partial charge in [-0.25, -0.2) is 0 Å². The first-order valence-corrected chi connectivity index (χ1v) is 5.18. The van der Waals surface area contributed by atoms with Crippen molar-refractivity contribution in [1.82, 2.24) is 10.2 Å². The number of carbonyl (C=O) groups is 1. The predicted molar refractivity (Wildman–Crippen MR) is 56.2 cm³/mol. The normalized spacial score (nSPS) is 14.4. The highest BCUT2D eigenvalue weighted by molar-refractivity contribution is 6.08. The summed E-state index contributed by atoms with van der Waals surface area (Å²) in [6.07, 6.45) is -2.84. The standard InChI is InChI=1S/C11H7F2N3O2/c12-8(13)9-14-15-11(18-9)16-5-6-3-1-2-4-7(6)10(16)17/h1-4,8H,5H2. The second kappa shape index (κ2) is 3.86. The average molecular weight is 251 g/mol. The molecule has 1 aromatic carbocycles. The van der Waals surface area contributed by atoms with Crippen LogP contribution in [0.5, 0.6) is 0 Å². The number of rotatable bonds is 2. The van der Waals surface area contributed by atoms with Gasteiger partial charge in [0.2, 0.25) is 0 Å². The quantitative estimate of drug-likeness (QED) is 0.820. The van der Waals surface area contributed by atoms with Gasteiger partial charge in [0.15, 0.2) is 0 Å². The molecule has 0 radical (unpaired) electrons. The monoisotopic (exact) mass is 251 g/mol. The van der Waals surface area contributed by atoms with E-state index in [4.69, 9.17) is 4.42 Å². The molecule has 1 aliphatic heterocycles. The number of nitrogens with zero attached hydrogens (tertiary/aromatic N) is 3. The van der Waals surface area contributed by atoms with Crippen molar-refractivity contribution >= 4 is 11.9 Å². The van der Waals surface area contributed by atoms with Gasteiger partial charge in [0.05, 0.1) is 6.54 Å². The Balaban J connectivity index is 1.94. The molecule has 5 nitrogen and oxygen atoms in total. The van der Waals surface area contributed by atoms with Crippen molar-refractivity contribution in [2.24, 2.45) is 0 Å². The number of hydrogen-bond donors (Lipinski definition) is 0. The molecule has 1 amide bonds. The summed E-state index contributed by atoms with van der Waals surface area (Å²) in [6, 6.07) is 6.79. The fourth-order valence-electron chi connectivity index (χ4n) is 1.83. The van der Waals surface area contributed by atoms with E-state index in [2.05, 4.69) is 10.2 Å². The molecule has 1 aliphatic rings. The van der Waals surface area contributed by atoms with E-state index in [-0.39, 0.29) is 18.5 Å². The zero-order valence-corrected chi connectivity index (χ0v) is 9.01. The Morgan fingerprint density at radius 1 is 1.28 bits per heavy atom. The Morgan fingerprint density at radius 2 is 2.06 bits per heavy atom. The van der Waals surface area contributed by atoms with Crippen LogP contribution in [0, 0.1) is 0 Å². The fourth-order valence-corrected chi connectivity index (χ4v) is 1.83. The number of aromatic nitrogens is 2. The minimum atomic E-state index is -2.84. The van der Waals surface area contributed by atoms with Crippen molar-refractivity contribution < 1.29 is 18.0 Å². The number of benzene rings is 1. The lowest BCUT2D eigenvalue weighted by Crippen LogP contribution is -2.23. The van der Waals surface area contributed by atoms with E-state index in [1.807, 2.05) is 0 Å². The van der Waals surface area contributed by atoms with Crippen LogP contribution >= 0.6 is 0 Å². The van der Waals surface area contributed by atoms with Gasteiger partial charge in [-0.3, -0.25) is 9.69 Å². The van der Waals surface area contributed by atoms with Crippen LogP contribution in [-0.4, -0.2) is 16.1 Å². The lowest BCUT2D eigenvalue weighted by atomic mass is 10.1. The van der Waals surface area contributed by atoms with Crippen LogP contribution in [-0.2, 0) is 6.54 Å². The van der Waals surface area contributed by atoms with Crippen LogP contribution in [0.1, 0.15) is 28.2 Å². The molecule has 0 unspecified atom stereocenters. The molecule has 0 N–H and O–H groups in total. The summed E-state index contributed by atoms with van der Waals surface area (Å²) in [5.74, 6) is -1.11. The minimum absolute atomic E-state index is 0.202. The molecule has 0 spiro atoms. The molecule has 0 atom stereocenters. The van der Waals surface area contributed by atoms with Crippen LogP contribution in [0.4, 0.5) is 14.8 Å². The highest BCUT2D eigenvalue weighted by Gasteiger charge is 2.32. The highest BCUT2D eigenvalue weighted by atomic mass is 19.3. The van der Waals surface area contributed by atoms with Gasteiger partial charge in [0.25, 0.3) is 11.8 Å². The molecule has 0 saturated carbocycles. The van der Waals surface area contributed by atoms with Gasteiger partial charge < -0.3 is 4.42 Å². The molecular formula is C11H7F2N3O2. The van der Waals surface area contributed by atoms with E-state index in [0.717, 1.165) is 5.56 Å². The molecule has 18 heavy (non-hydrogen) atoms. The Kier molecular flexibility index (Phi) is 2.32. The van der Waals surface area contributed by atoms with Crippen LogP contribution in [0.15, 0.2) is 28.7 Å². The van der Waals surface area contributed by atoms with Crippen molar-refractivity contribution in [3.8, 4) is 0 Å². The number of halogens is 2. The van der Waals surface area contributed by atoms with Crippen LogP contribution in [0.2, 0.25) is 0 Å². The molecular weight excluding hydrogens is 244 g/mol. The van der Waals surface area contributed by atoms with E-state index in [0.29, 0.717) is 5.56 Å². The molecule has 7 heteroatoms. The van der Waals surface area contributed by atoms with Gasteiger partial charge >= 0.3 is 12.4 Å². The summed E-state index contributed by atoms with van der Waals surface area (Å²) in [7, 11) is 0. The predicted octanol–water partition coefficient (Wildman–Crippen LogP) is 2.17. The van der Waals surface area contributed by atoms with Gasteiger partial charge in [-0.1, -0.05) is 23.3 Å². The van der Waals surface area contributed by atoms with E-state index >= 15 is 0 Å². The second-order valence-electron chi connectivity index (χ2n) is 3.77. The Labute approximate surface area is 100 Å². The molecule has 2 heterocycles. The lowest BCUT2D eigenvalue weighted by Gasteiger charge is -2.08. The third kappa shape index (κ3) is 1.55. The SMILES string of the molecule is O=C1c2ccccc2CN1c1nnc(C(F)F)o1. The van der Waals surface area contributed by atoms with E-state index < -0.39 is 12.3 Å². The summed E-state index contributed by atoms with van der Waals surface area (Å²) in [5.41, 5.74) is 1.33. The molecule has 0 saturated heterocycles. The van der Waals surface area contributed by atoms with Crippen molar-refractivity contribution in [3.63, 3.8) is 0 Å². The number of fused-ring (bicyclic) bond motifs is 1. The largest absolute Gasteiger partial charge is 0.401 e. The molecule has 0 aliphatic carbocycles. The van der Waals surface area contributed by atoms with Gasteiger partial charge in [0, 0.05) is 5.56 Å². The molecule has 2 aromatic rings. The number of alkyl halides is 2. The van der Waals surface area contributed by atoms with Crippen molar-refractivity contribution in [2.45, 2.75) is 13.0 Å². The fraction of sp³-hybridized carbons (Fsp3) is 0.182. The van der Waals surface area contributed by atoms with E-state index in [1.54, 1.807) is 24.3 Å². The molecule has 3 rings (SSSR count). The van der Waals surface area contributed by atoms with Gasteiger partial charge in [0.1, 0.15) is 0 Å². The summed E-state index contributed by atoms with van der Waals surface area (Å²) in [5, 5.41) is 6.66. The molecule has 1 aromatic heterocycles. The van der Waals surface area contributed by atoms with Crippen LogP contribution in [0.25, 0.3) is 0 Å². The summed E-state index contributed by atoms with van der Waals surface area (Å²) >= 11 is 0. The maximum Gasteiger partial charge on any atom is 0.325 e. The highest BCUT2D eigenvalue weighted by Crippen LogP contribution is 2.28. The number of amides is 1. The third-order valence-corrected chi connectivity index (χ3v) is 2.67. The first kappa shape index (κ1) is 10.8. The number of anilines is 1. The maximum atomic E-state index is 12.3. The topological polar surface area (TPSA) is 59.2 Å². The number of carbonyl (C=O) groups excluding carboxylic acids is 1. The molecule has 0 fully saturated rings. The second-order valence-corrected chi connectivity index (χ2v) is 3.77. The minimum Gasteiger partial charge on any atom is -0.401 e. The Bertz CT molecular complexity index is 612. The summed E-state index contributed by atoms with van der Waals surface area (Å²) in [6.45, 7) is 0.250. The lowest BCUT2D eigenvalue weighted by molar-refractivity contribution is 0.0981. The zero-order chi connectivity index (χ0) is 12.7. The maximum absolute atomic E-state index is 12.3. The van der Waals surface area contributed by atoms with Gasteiger partial charge in [-0.15, -0.1) is 5.10 Å². The molecule has 92 valence electrons. The van der Waals surface area contributed by atoms with Crippen molar-refractivity contribution in [1.29, 1.82) is 0 Å². The Hall–Kier alpha value is -2.31.